The Morgan fingerprint density at radius 3 is 1.71 bits per heavy atom. The molecule has 0 heterocycles. The van der Waals surface area contributed by atoms with Gasteiger partial charge in [0.2, 0.25) is 0 Å². The molecule has 0 atom stereocenters. The molecule has 1 saturated carbocycles. The summed E-state index contributed by atoms with van der Waals surface area (Å²) >= 11 is 0. The molecule has 1 aliphatic rings. The summed E-state index contributed by atoms with van der Waals surface area (Å²) in [6, 6.07) is 0.422. The number of hydrogen-bond acceptors (Lipinski definition) is 2. The Bertz CT molecular complexity index is 194. The Morgan fingerprint density at radius 2 is 1.29 bits per heavy atom. The second kappa shape index (κ2) is 9.46. The summed E-state index contributed by atoms with van der Waals surface area (Å²) < 4.78 is 0. The van der Waals surface area contributed by atoms with E-state index >= 15 is 0 Å². The van der Waals surface area contributed by atoms with Crippen LogP contribution in [0.1, 0.15) is 70.6 Å². The van der Waals surface area contributed by atoms with Crippen molar-refractivity contribution in [2.45, 2.75) is 76.7 Å². The molecule has 0 aromatic rings. The van der Waals surface area contributed by atoms with E-state index in [-0.39, 0.29) is 6.54 Å². The summed E-state index contributed by atoms with van der Waals surface area (Å²) in [6.45, 7) is 0.116. The van der Waals surface area contributed by atoms with Gasteiger partial charge in [0.25, 0.3) is 0 Å². The van der Waals surface area contributed by atoms with E-state index in [1.807, 2.05) is 0 Å². The van der Waals surface area contributed by atoms with Gasteiger partial charge in [0, 0.05) is 6.04 Å². The molecule has 1 aliphatic carbocycles. The third kappa shape index (κ3) is 8.19. The third-order valence-electron chi connectivity index (χ3n) is 3.65. The van der Waals surface area contributed by atoms with Gasteiger partial charge in [0.05, 0.1) is 6.54 Å². The molecule has 0 saturated heterocycles. The van der Waals surface area contributed by atoms with Crippen molar-refractivity contribution in [3.8, 4) is 0 Å². The number of carbonyl (C=O) groups is 1. The van der Waals surface area contributed by atoms with Crippen molar-refractivity contribution in [3.05, 3.63) is 0 Å². The fourth-order valence-corrected chi connectivity index (χ4v) is 2.60. The highest BCUT2D eigenvalue weighted by atomic mass is 16.4. The maximum absolute atomic E-state index is 10.6. The minimum atomic E-state index is -0.740. The van der Waals surface area contributed by atoms with E-state index in [9.17, 15) is 4.79 Å². The van der Waals surface area contributed by atoms with Crippen molar-refractivity contribution in [2.24, 2.45) is 0 Å². The molecule has 1 rings (SSSR count). The Morgan fingerprint density at radius 1 is 0.882 bits per heavy atom. The molecule has 1 fully saturated rings. The lowest BCUT2D eigenvalue weighted by Gasteiger charge is -2.18. The van der Waals surface area contributed by atoms with Crippen molar-refractivity contribution in [1.29, 1.82) is 0 Å². The fourth-order valence-electron chi connectivity index (χ4n) is 2.60. The van der Waals surface area contributed by atoms with Gasteiger partial charge in [-0.2, -0.15) is 0 Å². The summed E-state index contributed by atoms with van der Waals surface area (Å²) in [4.78, 5) is 10.6. The summed E-state index contributed by atoms with van der Waals surface area (Å²) in [5.74, 6) is -0.740. The Hall–Kier alpha value is -0.570. The lowest BCUT2D eigenvalue weighted by atomic mass is 9.98. The van der Waals surface area contributed by atoms with Gasteiger partial charge in [0.1, 0.15) is 0 Å². The number of hydrogen-bond donors (Lipinski definition) is 2. The van der Waals surface area contributed by atoms with E-state index in [0.29, 0.717) is 6.04 Å². The van der Waals surface area contributed by atoms with Crippen LogP contribution in [0.15, 0.2) is 0 Å². The zero-order valence-electron chi connectivity index (χ0n) is 10.9. The van der Waals surface area contributed by atoms with Gasteiger partial charge < -0.3 is 10.4 Å². The summed E-state index contributed by atoms with van der Waals surface area (Å²) in [5, 5.41) is 11.9. The van der Waals surface area contributed by atoms with Crippen LogP contribution in [0.25, 0.3) is 0 Å². The number of carboxylic acids is 1. The smallest absolute Gasteiger partial charge is 0.317 e. The van der Waals surface area contributed by atoms with Crippen LogP contribution >= 0.6 is 0 Å². The van der Waals surface area contributed by atoms with Crippen LogP contribution in [0.4, 0.5) is 0 Å². The normalized spacial score (nSPS) is 21.4. The maximum atomic E-state index is 10.6. The van der Waals surface area contributed by atoms with Crippen molar-refractivity contribution in [3.63, 3.8) is 0 Å². The molecule has 0 aromatic heterocycles. The van der Waals surface area contributed by atoms with E-state index in [0.717, 1.165) is 12.8 Å². The minimum Gasteiger partial charge on any atom is -0.480 e. The molecule has 2 N–H and O–H groups in total. The Balaban J connectivity index is 2.24. The van der Waals surface area contributed by atoms with E-state index < -0.39 is 5.97 Å². The molecule has 0 radical (unpaired) electrons. The van der Waals surface area contributed by atoms with E-state index in [1.165, 1.54) is 57.8 Å². The Labute approximate surface area is 105 Å². The molecular weight excluding hydrogens is 214 g/mol. The monoisotopic (exact) mass is 241 g/mol. The van der Waals surface area contributed by atoms with Crippen LogP contribution in [0, 0.1) is 0 Å². The minimum absolute atomic E-state index is 0.116. The first kappa shape index (κ1) is 14.5. The lowest BCUT2D eigenvalue weighted by molar-refractivity contribution is -0.136. The molecule has 3 heteroatoms. The fraction of sp³-hybridized carbons (Fsp3) is 0.929. The largest absolute Gasteiger partial charge is 0.480 e. The SMILES string of the molecule is O=C(O)CNC1CCCCCCCCCCC1. The van der Waals surface area contributed by atoms with Crippen LogP contribution in [-0.4, -0.2) is 23.7 Å². The number of rotatable bonds is 3. The van der Waals surface area contributed by atoms with Crippen molar-refractivity contribution in [1.82, 2.24) is 5.32 Å². The molecule has 0 aliphatic heterocycles. The molecule has 0 unspecified atom stereocenters. The third-order valence-corrected chi connectivity index (χ3v) is 3.65. The average Bonchev–Trinajstić information content (AvgIpc) is 2.28. The van der Waals surface area contributed by atoms with Crippen LogP contribution in [0.3, 0.4) is 0 Å². The molecule has 0 spiro atoms. The van der Waals surface area contributed by atoms with Crippen molar-refractivity contribution >= 4 is 5.97 Å². The van der Waals surface area contributed by atoms with Crippen LogP contribution in [0.2, 0.25) is 0 Å². The summed E-state index contributed by atoms with van der Waals surface area (Å²) in [6.07, 6.45) is 14.3. The highest BCUT2D eigenvalue weighted by molar-refractivity contribution is 5.69. The molecule has 17 heavy (non-hydrogen) atoms. The molecule has 0 aromatic carbocycles. The quantitative estimate of drug-likeness (QED) is 0.796. The van der Waals surface area contributed by atoms with Gasteiger partial charge in [-0.05, 0) is 12.8 Å². The van der Waals surface area contributed by atoms with E-state index in [2.05, 4.69) is 5.32 Å². The molecular formula is C14H27NO2. The van der Waals surface area contributed by atoms with Gasteiger partial charge in [-0.1, -0.05) is 57.8 Å². The second-order valence-corrected chi connectivity index (χ2v) is 5.23. The highest BCUT2D eigenvalue weighted by Gasteiger charge is 2.10. The Kier molecular flexibility index (Phi) is 8.06. The lowest BCUT2D eigenvalue weighted by Crippen LogP contribution is -2.33. The van der Waals surface area contributed by atoms with Gasteiger partial charge in [-0.15, -0.1) is 0 Å². The van der Waals surface area contributed by atoms with Gasteiger partial charge in [0.15, 0.2) is 0 Å². The summed E-state index contributed by atoms with van der Waals surface area (Å²) in [5.41, 5.74) is 0. The van der Waals surface area contributed by atoms with Gasteiger partial charge in [-0.3, -0.25) is 4.79 Å². The predicted octanol–water partition coefficient (Wildman–Crippen LogP) is 3.33. The highest BCUT2D eigenvalue weighted by Crippen LogP contribution is 2.16. The first-order chi connectivity index (χ1) is 8.29. The van der Waals surface area contributed by atoms with E-state index in [4.69, 9.17) is 5.11 Å². The zero-order chi connectivity index (χ0) is 12.3. The number of nitrogens with one attached hydrogen (secondary N) is 1. The molecule has 3 nitrogen and oxygen atoms in total. The zero-order valence-corrected chi connectivity index (χ0v) is 10.9. The molecule has 100 valence electrons. The predicted molar refractivity (Wildman–Crippen MR) is 70.2 cm³/mol. The first-order valence-corrected chi connectivity index (χ1v) is 7.24. The van der Waals surface area contributed by atoms with E-state index in [1.54, 1.807) is 0 Å². The topological polar surface area (TPSA) is 49.3 Å². The number of carboxylic acid groups (broad SMARTS) is 1. The van der Waals surface area contributed by atoms with Crippen molar-refractivity contribution < 1.29 is 9.90 Å². The van der Waals surface area contributed by atoms with Crippen LogP contribution in [0.5, 0.6) is 0 Å². The van der Waals surface area contributed by atoms with Crippen LogP contribution in [-0.2, 0) is 4.79 Å². The standard InChI is InChI=1S/C14H27NO2/c16-14(17)12-15-13-10-8-6-4-2-1-3-5-7-9-11-13/h13,15H,1-12H2,(H,16,17). The van der Waals surface area contributed by atoms with Crippen molar-refractivity contribution in [2.75, 3.05) is 6.54 Å². The van der Waals surface area contributed by atoms with Gasteiger partial charge in [-0.25, -0.2) is 0 Å². The average molecular weight is 241 g/mol. The maximum Gasteiger partial charge on any atom is 0.317 e. The molecule has 0 amide bonds. The summed E-state index contributed by atoms with van der Waals surface area (Å²) in [7, 11) is 0. The van der Waals surface area contributed by atoms with Gasteiger partial charge >= 0.3 is 5.97 Å². The second-order valence-electron chi connectivity index (χ2n) is 5.23. The number of aliphatic carboxylic acids is 1. The van der Waals surface area contributed by atoms with Crippen LogP contribution < -0.4 is 5.32 Å². The molecule has 0 bridgehead atoms. The first-order valence-electron chi connectivity index (χ1n) is 7.24.